The van der Waals surface area contributed by atoms with Crippen molar-refractivity contribution >= 4 is 13.3 Å². The van der Waals surface area contributed by atoms with E-state index in [0.29, 0.717) is 0 Å². The minimum Gasteiger partial charge on any atom is -0.0992 e. The molecule has 0 saturated heterocycles. The van der Waals surface area contributed by atoms with Gasteiger partial charge in [-0.1, -0.05) is 107 Å². The van der Waals surface area contributed by atoms with Crippen LogP contribution < -0.4 is 0 Å². The summed E-state index contributed by atoms with van der Waals surface area (Å²) in [7, 11) is -1.31. The smallest absolute Gasteiger partial charge is 0.0806 e. The molecule has 0 fully saturated rings. The summed E-state index contributed by atoms with van der Waals surface area (Å²) in [6.07, 6.45) is 8.35. The van der Waals surface area contributed by atoms with E-state index >= 15 is 0 Å². The Labute approximate surface area is 121 Å². The second kappa shape index (κ2) is 8.37. The number of unbranched alkanes of at least 4 members (excludes halogenated alkanes) is 5. The number of hydrogen-bond acceptors (Lipinski definition) is 0. The van der Waals surface area contributed by atoms with E-state index in [0.717, 1.165) is 0 Å². The van der Waals surface area contributed by atoms with E-state index in [1.807, 2.05) is 0 Å². The summed E-state index contributed by atoms with van der Waals surface area (Å²) in [6.45, 7) is 11.6. The highest BCUT2D eigenvalue weighted by atomic mass is 28.3. The van der Waals surface area contributed by atoms with Crippen LogP contribution >= 0.6 is 0 Å². The molecule has 0 aromatic heterocycles. The minimum absolute atomic E-state index is 1.31. The summed E-state index contributed by atoms with van der Waals surface area (Å²) in [5.74, 6) is 0. The molecule has 1 rings (SSSR count). The quantitative estimate of drug-likeness (QED) is 0.366. The van der Waals surface area contributed by atoms with Crippen LogP contribution in [0.25, 0.3) is 5.20 Å². The molecule has 0 aliphatic rings. The molecule has 0 N–H and O–H groups in total. The zero-order chi connectivity index (χ0) is 14.1. The lowest BCUT2D eigenvalue weighted by Gasteiger charge is -2.25. The molecular formula is C18H30Si. The van der Waals surface area contributed by atoms with Crippen LogP contribution in [0.15, 0.2) is 36.9 Å². The molecule has 1 heteroatoms. The van der Waals surface area contributed by atoms with E-state index in [1.54, 1.807) is 0 Å². The number of rotatable bonds is 9. The molecule has 106 valence electrons. The Kier molecular flexibility index (Phi) is 7.15. The van der Waals surface area contributed by atoms with Gasteiger partial charge in [0.2, 0.25) is 0 Å². The monoisotopic (exact) mass is 274 g/mol. The van der Waals surface area contributed by atoms with E-state index in [1.165, 1.54) is 55.3 Å². The van der Waals surface area contributed by atoms with Crippen molar-refractivity contribution < 1.29 is 0 Å². The van der Waals surface area contributed by atoms with Gasteiger partial charge in [0.05, 0.1) is 8.07 Å². The van der Waals surface area contributed by atoms with E-state index in [4.69, 9.17) is 0 Å². The highest BCUT2D eigenvalue weighted by molar-refractivity contribution is 6.94. The summed E-state index contributed by atoms with van der Waals surface area (Å²) >= 11 is 0. The fraction of sp³-hybridized carbons (Fsp3) is 0.556. The predicted octanol–water partition coefficient (Wildman–Crippen LogP) is 6.31. The maximum atomic E-state index is 4.39. The van der Waals surface area contributed by atoms with Gasteiger partial charge in [-0.2, -0.15) is 0 Å². The molecule has 0 bridgehead atoms. The van der Waals surface area contributed by atoms with Gasteiger partial charge in [-0.05, 0) is 5.56 Å². The SMILES string of the molecule is C=C(c1ccccc1)[Si](C)(C)CCCCCCCC. The molecule has 1 aromatic rings. The average molecular weight is 275 g/mol. The normalized spacial score (nSPS) is 11.5. The van der Waals surface area contributed by atoms with E-state index in [9.17, 15) is 0 Å². The lowest BCUT2D eigenvalue weighted by molar-refractivity contribution is 0.623. The summed E-state index contributed by atoms with van der Waals surface area (Å²) in [6, 6.07) is 12.1. The molecule has 0 heterocycles. The summed E-state index contributed by atoms with van der Waals surface area (Å²) in [5.41, 5.74) is 1.35. The fourth-order valence-electron chi connectivity index (χ4n) is 2.53. The van der Waals surface area contributed by atoms with E-state index < -0.39 is 8.07 Å². The predicted molar refractivity (Wildman–Crippen MR) is 91.1 cm³/mol. The first kappa shape index (κ1) is 16.2. The number of hydrogen-bond donors (Lipinski definition) is 0. The molecule has 0 saturated carbocycles. The number of benzene rings is 1. The largest absolute Gasteiger partial charge is 0.0992 e. The third kappa shape index (κ3) is 5.77. The van der Waals surface area contributed by atoms with Gasteiger partial charge in [0.15, 0.2) is 0 Å². The first-order valence-electron chi connectivity index (χ1n) is 7.82. The Morgan fingerprint density at radius 2 is 1.53 bits per heavy atom. The van der Waals surface area contributed by atoms with Crippen molar-refractivity contribution in [2.24, 2.45) is 0 Å². The molecule has 0 aliphatic heterocycles. The molecular weight excluding hydrogens is 244 g/mol. The maximum Gasteiger partial charge on any atom is 0.0806 e. The van der Waals surface area contributed by atoms with Gasteiger partial charge in [0, 0.05) is 0 Å². The molecule has 0 spiro atoms. The lowest BCUT2D eigenvalue weighted by Crippen LogP contribution is -2.27. The summed E-state index contributed by atoms with van der Waals surface area (Å²) < 4.78 is 0. The second-order valence-electron chi connectivity index (χ2n) is 6.25. The van der Waals surface area contributed by atoms with Gasteiger partial charge in [0.25, 0.3) is 0 Å². The molecule has 0 amide bonds. The highest BCUT2D eigenvalue weighted by Gasteiger charge is 2.24. The molecule has 0 radical (unpaired) electrons. The first-order chi connectivity index (χ1) is 9.08. The van der Waals surface area contributed by atoms with Gasteiger partial charge in [0.1, 0.15) is 0 Å². The average Bonchev–Trinajstić information content (AvgIpc) is 2.43. The van der Waals surface area contributed by atoms with Crippen molar-refractivity contribution in [3.8, 4) is 0 Å². The van der Waals surface area contributed by atoms with Gasteiger partial charge in [-0.25, -0.2) is 0 Å². The third-order valence-corrected chi connectivity index (χ3v) is 7.62. The minimum atomic E-state index is -1.31. The van der Waals surface area contributed by atoms with Gasteiger partial charge in [-0.15, -0.1) is 0 Å². The molecule has 0 unspecified atom stereocenters. The first-order valence-corrected chi connectivity index (χ1v) is 11.0. The maximum absolute atomic E-state index is 4.39. The molecule has 0 nitrogen and oxygen atoms in total. The summed E-state index contributed by atoms with van der Waals surface area (Å²) in [5, 5.41) is 1.42. The molecule has 0 atom stereocenters. The van der Waals surface area contributed by atoms with Crippen LogP contribution in [0.1, 0.15) is 51.0 Å². The Bertz CT molecular complexity index is 365. The second-order valence-corrected chi connectivity index (χ2v) is 11.1. The van der Waals surface area contributed by atoms with Crippen LogP contribution in [0.3, 0.4) is 0 Å². The van der Waals surface area contributed by atoms with Crippen molar-refractivity contribution in [3.05, 3.63) is 42.5 Å². The van der Waals surface area contributed by atoms with Crippen LogP contribution in [-0.2, 0) is 0 Å². The topological polar surface area (TPSA) is 0 Å². The Morgan fingerprint density at radius 3 is 2.16 bits per heavy atom. The van der Waals surface area contributed by atoms with Crippen LogP contribution in [0.4, 0.5) is 0 Å². The van der Waals surface area contributed by atoms with Gasteiger partial charge in [-0.3, -0.25) is 0 Å². The standard InChI is InChI=1S/C18H30Si/c1-5-6-7-8-9-13-16-19(3,4)17(2)18-14-11-10-12-15-18/h10-12,14-15H,2,5-9,13,16H2,1,3-4H3. The fourth-order valence-corrected chi connectivity index (χ4v) is 4.91. The third-order valence-electron chi connectivity index (χ3n) is 4.09. The molecule has 1 aromatic carbocycles. The van der Waals surface area contributed by atoms with E-state index in [-0.39, 0.29) is 0 Å². The van der Waals surface area contributed by atoms with Crippen LogP contribution in [0.2, 0.25) is 19.1 Å². The Morgan fingerprint density at radius 1 is 0.947 bits per heavy atom. The summed E-state index contributed by atoms with van der Waals surface area (Å²) in [4.78, 5) is 0. The zero-order valence-corrected chi connectivity index (χ0v) is 14.0. The highest BCUT2D eigenvalue weighted by Crippen LogP contribution is 2.29. The van der Waals surface area contributed by atoms with Crippen LogP contribution in [-0.4, -0.2) is 8.07 Å². The molecule has 0 aliphatic carbocycles. The van der Waals surface area contributed by atoms with Crippen molar-refractivity contribution in [3.63, 3.8) is 0 Å². The van der Waals surface area contributed by atoms with Gasteiger partial charge >= 0.3 is 0 Å². The van der Waals surface area contributed by atoms with Crippen molar-refractivity contribution in [1.82, 2.24) is 0 Å². The van der Waals surface area contributed by atoms with Crippen LogP contribution in [0, 0.1) is 0 Å². The van der Waals surface area contributed by atoms with Gasteiger partial charge < -0.3 is 0 Å². The Balaban J connectivity index is 2.37. The van der Waals surface area contributed by atoms with Crippen molar-refractivity contribution in [2.45, 2.75) is 64.6 Å². The van der Waals surface area contributed by atoms with Crippen molar-refractivity contribution in [1.29, 1.82) is 0 Å². The lowest BCUT2D eigenvalue weighted by atomic mass is 10.1. The van der Waals surface area contributed by atoms with Crippen LogP contribution in [0.5, 0.6) is 0 Å². The zero-order valence-electron chi connectivity index (χ0n) is 13.0. The van der Waals surface area contributed by atoms with Crippen molar-refractivity contribution in [2.75, 3.05) is 0 Å². The Hall–Kier alpha value is -0.823. The van der Waals surface area contributed by atoms with E-state index in [2.05, 4.69) is 56.9 Å². The molecule has 19 heavy (non-hydrogen) atoms.